The monoisotopic (exact) mass is 232 g/mol. The molecule has 0 unspecified atom stereocenters. The van der Waals surface area contributed by atoms with Gasteiger partial charge in [0.25, 0.3) is 0 Å². The molecular weight excluding hydrogens is 216 g/mol. The minimum Gasteiger partial charge on any atom is -0.354 e. The molecule has 0 spiro atoms. The summed E-state index contributed by atoms with van der Waals surface area (Å²) >= 11 is 0. The van der Waals surface area contributed by atoms with Crippen LogP contribution >= 0.6 is 0 Å². The molecule has 1 aliphatic rings. The molecule has 2 amide bonds. The zero-order chi connectivity index (χ0) is 12.1. The Labute approximate surface area is 100 Å². The number of carbonyl (C=O) groups excluding carboxylic acids is 2. The first-order valence-electron chi connectivity index (χ1n) is 5.87. The predicted octanol–water partition coefficient (Wildman–Crippen LogP) is 0.624. The van der Waals surface area contributed by atoms with E-state index in [1.807, 2.05) is 30.3 Å². The number of rotatable bonds is 4. The first-order valence-corrected chi connectivity index (χ1v) is 5.87. The van der Waals surface area contributed by atoms with Crippen LogP contribution in [0.5, 0.6) is 0 Å². The van der Waals surface area contributed by atoms with Gasteiger partial charge in [-0.1, -0.05) is 30.3 Å². The molecule has 0 aliphatic carbocycles. The van der Waals surface area contributed by atoms with Crippen molar-refractivity contribution in [3.8, 4) is 0 Å². The van der Waals surface area contributed by atoms with Crippen LogP contribution in [0, 0.1) is 0 Å². The maximum Gasteiger partial charge on any atom is 0.242 e. The molecule has 1 saturated heterocycles. The summed E-state index contributed by atoms with van der Waals surface area (Å²) < 4.78 is 0. The van der Waals surface area contributed by atoms with Crippen LogP contribution in [0.1, 0.15) is 18.4 Å². The second-order valence-corrected chi connectivity index (χ2v) is 4.19. The van der Waals surface area contributed by atoms with Gasteiger partial charge in [0.1, 0.15) is 6.04 Å². The highest BCUT2D eigenvalue weighted by molar-refractivity contribution is 5.90. The van der Waals surface area contributed by atoms with Gasteiger partial charge in [0, 0.05) is 13.0 Å². The highest BCUT2D eigenvalue weighted by Crippen LogP contribution is 2.06. The van der Waals surface area contributed by atoms with E-state index in [1.54, 1.807) is 0 Å². The van der Waals surface area contributed by atoms with Gasteiger partial charge in [-0.2, -0.15) is 0 Å². The van der Waals surface area contributed by atoms with E-state index in [-0.39, 0.29) is 17.9 Å². The molecule has 2 N–H and O–H groups in total. The topological polar surface area (TPSA) is 58.2 Å². The van der Waals surface area contributed by atoms with Crippen molar-refractivity contribution in [2.24, 2.45) is 0 Å². The SMILES string of the molecule is O=C1CC[C@@H](C(=O)NCCc2ccccc2)N1. The zero-order valence-electron chi connectivity index (χ0n) is 9.61. The second kappa shape index (κ2) is 5.48. The maximum atomic E-state index is 11.7. The number of hydrogen-bond donors (Lipinski definition) is 2. The van der Waals surface area contributed by atoms with Crippen molar-refractivity contribution in [1.29, 1.82) is 0 Å². The first-order chi connectivity index (χ1) is 8.25. The fraction of sp³-hybridized carbons (Fsp3) is 0.385. The smallest absolute Gasteiger partial charge is 0.242 e. The van der Waals surface area contributed by atoms with Crippen molar-refractivity contribution in [2.45, 2.75) is 25.3 Å². The highest BCUT2D eigenvalue weighted by atomic mass is 16.2. The summed E-state index contributed by atoms with van der Waals surface area (Å²) in [6.07, 6.45) is 1.88. The van der Waals surface area contributed by atoms with Crippen molar-refractivity contribution in [3.05, 3.63) is 35.9 Å². The van der Waals surface area contributed by atoms with Crippen LogP contribution in [-0.4, -0.2) is 24.4 Å². The summed E-state index contributed by atoms with van der Waals surface area (Å²) in [6.45, 7) is 0.606. The molecule has 1 aliphatic heterocycles. The lowest BCUT2D eigenvalue weighted by molar-refractivity contribution is -0.125. The normalized spacial score (nSPS) is 18.8. The second-order valence-electron chi connectivity index (χ2n) is 4.19. The van der Waals surface area contributed by atoms with Gasteiger partial charge in [-0.15, -0.1) is 0 Å². The Hall–Kier alpha value is -1.84. The molecule has 1 atom stereocenters. The Bertz CT molecular complexity index is 403. The lowest BCUT2D eigenvalue weighted by Crippen LogP contribution is -2.42. The van der Waals surface area contributed by atoms with E-state index in [1.165, 1.54) is 5.56 Å². The molecule has 0 aromatic heterocycles. The van der Waals surface area contributed by atoms with E-state index in [0.717, 1.165) is 6.42 Å². The van der Waals surface area contributed by atoms with Crippen molar-refractivity contribution >= 4 is 11.8 Å². The van der Waals surface area contributed by atoms with E-state index in [0.29, 0.717) is 19.4 Å². The van der Waals surface area contributed by atoms with Crippen LogP contribution < -0.4 is 10.6 Å². The Kier molecular flexibility index (Phi) is 3.75. The van der Waals surface area contributed by atoms with Crippen LogP contribution in [-0.2, 0) is 16.0 Å². The lowest BCUT2D eigenvalue weighted by atomic mass is 10.1. The summed E-state index contributed by atoms with van der Waals surface area (Å²) in [4.78, 5) is 22.6. The quantitative estimate of drug-likeness (QED) is 0.799. The Morgan fingerprint density at radius 2 is 2.12 bits per heavy atom. The van der Waals surface area contributed by atoms with Crippen LogP contribution in [0.15, 0.2) is 30.3 Å². The van der Waals surface area contributed by atoms with Gasteiger partial charge >= 0.3 is 0 Å². The number of carbonyl (C=O) groups is 2. The Balaban J connectivity index is 1.72. The van der Waals surface area contributed by atoms with Gasteiger partial charge < -0.3 is 10.6 Å². The van der Waals surface area contributed by atoms with Crippen molar-refractivity contribution < 1.29 is 9.59 Å². The summed E-state index contributed by atoms with van der Waals surface area (Å²) in [6, 6.07) is 9.66. The van der Waals surface area contributed by atoms with E-state index < -0.39 is 0 Å². The molecule has 4 heteroatoms. The minimum absolute atomic E-state index is 0.0341. The molecule has 17 heavy (non-hydrogen) atoms. The number of hydrogen-bond acceptors (Lipinski definition) is 2. The Morgan fingerprint density at radius 1 is 1.35 bits per heavy atom. The summed E-state index contributed by atoms with van der Waals surface area (Å²) in [5.41, 5.74) is 1.20. The summed E-state index contributed by atoms with van der Waals surface area (Å²) in [5, 5.41) is 5.49. The van der Waals surface area contributed by atoms with Crippen LogP contribution in [0.25, 0.3) is 0 Å². The van der Waals surface area contributed by atoms with E-state index in [9.17, 15) is 9.59 Å². The van der Waals surface area contributed by atoms with Crippen molar-refractivity contribution in [3.63, 3.8) is 0 Å². The maximum absolute atomic E-state index is 11.7. The molecule has 1 aromatic carbocycles. The van der Waals surface area contributed by atoms with E-state index in [2.05, 4.69) is 10.6 Å². The van der Waals surface area contributed by atoms with E-state index in [4.69, 9.17) is 0 Å². The minimum atomic E-state index is -0.335. The number of nitrogens with one attached hydrogen (secondary N) is 2. The van der Waals surface area contributed by atoms with Crippen LogP contribution in [0.2, 0.25) is 0 Å². The van der Waals surface area contributed by atoms with Gasteiger partial charge in [0.05, 0.1) is 0 Å². The molecule has 90 valence electrons. The van der Waals surface area contributed by atoms with Gasteiger partial charge in [0.15, 0.2) is 0 Å². The first kappa shape index (κ1) is 11.6. The third kappa shape index (κ3) is 3.31. The molecule has 4 nitrogen and oxygen atoms in total. The summed E-state index contributed by atoms with van der Waals surface area (Å²) in [7, 11) is 0. The molecule has 1 fully saturated rings. The molecule has 2 rings (SSSR count). The molecule has 0 radical (unpaired) electrons. The fourth-order valence-electron chi connectivity index (χ4n) is 1.91. The van der Waals surface area contributed by atoms with Crippen LogP contribution in [0.3, 0.4) is 0 Å². The van der Waals surface area contributed by atoms with Gasteiger partial charge in [-0.05, 0) is 18.4 Å². The average molecular weight is 232 g/mol. The molecular formula is C13H16N2O2. The third-order valence-electron chi connectivity index (χ3n) is 2.87. The predicted molar refractivity (Wildman–Crippen MR) is 64.3 cm³/mol. The fourth-order valence-corrected chi connectivity index (χ4v) is 1.91. The van der Waals surface area contributed by atoms with Gasteiger partial charge in [-0.25, -0.2) is 0 Å². The van der Waals surface area contributed by atoms with Gasteiger partial charge in [0.2, 0.25) is 11.8 Å². The zero-order valence-corrected chi connectivity index (χ0v) is 9.61. The van der Waals surface area contributed by atoms with E-state index >= 15 is 0 Å². The average Bonchev–Trinajstić information content (AvgIpc) is 2.77. The molecule has 1 heterocycles. The number of benzene rings is 1. The van der Waals surface area contributed by atoms with Crippen LogP contribution in [0.4, 0.5) is 0 Å². The largest absolute Gasteiger partial charge is 0.354 e. The lowest BCUT2D eigenvalue weighted by Gasteiger charge is -2.10. The third-order valence-corrected chi connectivity index (χ3v) is 2.87. The molecule has 0 bridgehead atoms. The highest BCUT2D eigenvalue weighted by Gasteiger charge is 2.26. The number of amides is 2. The van der Waals surface area contributed by atoms with Gasteiger partial charge in [-0.3, -0.25) is 9.59 Å². The molecule has 0 saturated carbocycles. The summed E-state index contributed by atoms with van der Waals surface area (Å²) in [5.74, 6) is -0.111. The molecule has 1 aromatic rings. The van der Waals surface area contributed by atoms with Crippen molar-refractivity contribution in [1.82, 2.24) is 10.6 Å². The standard InChI is InChI=1S/C13H16N2O2/c16-12-7-6-11(15-12)13(17)14-9-8-10-4-2-1-3-5-10/h1-5,11H,6-9H2,(H,14,17)(H,15,16)/t11-/m0/s1. The Morgan fingerprint density at radius 3 is 2.76 bits per heavy atom. The van der Waals surface area contributed by atoms with Crippen molar-refractivity contribution in [2.75, 3.05) is 6.54 Å².